The first kappa shape index (κ1) is 19.1. The van der Waals surface area contributed by atoms with Gasteiger partial charge in [0.2, 0.25) is 0 Å². The van der Waals surface area contributed by atoms with Gasteiger partial charge in [-0.3, -0.25) is 0 Å². The van der Waals surface area contributed by atoms with Gasteiger partial charge in [0.25, 0.3) is 0 Å². The Bertz CT molecular complexity index is 613. The number of hydrogen-bond acceptors (Lipinski definition) is 2. The van der Waals surface area contributed by atoms with Crippen LogP contribution in [0.15, 0.2) is 48.5 Å². The highest BCUT2D eigenvalue weighted by molar-refractivity contribution is 5.25. The van der Waals surface area contributed by atoms with E-state index in [4.69, 9.17) is 0 Å². The van der Waals surface area contributed by atoms with Crippen molar-refractivity contribution in [3.63, 3.8) is 0 Å². The van der Waals surface area contributed by atoms with Crippen molar-refractivity contribution < 1.29 is 0 Å². The molecule has 140 valence electrons. The van der Waals surface area contributed by atoms with E-state index >= 15 is 0 Å². The summed E-state index contributed by atoms with van der Waals surface area (Å²) in [7, 11) is 0. The Morgan fingerprint density at radius 3 is 1.35 bits per heavy atom. The Hall–Kier alpha value is -1.64. The number of benzene rings is 2. The van der Waals surface area contributed by atoms with Crippen LogP contribution in [0.3, 0.4) is 0 Å². The van der Waals surface area contributed by atoms with E-state index in [9.17, 15) is 0 Å². The minimum Gasteiger partial charge on any atom is -0.306 e. The number of nitrogens with one attached hydrogen (secondary N) is 2. The predicted octanol–water partition coefficient (Wildman–Crippen LogP) is 5.62. The second-order valence-electron chi connectivity index (χ2n) is 8.10. The number of aryl methyl sites for hydroxylation is 2. The molecule has 0 heterocycles. The lowest BCUT2D eigenvalue weighted by atomic mass is 9.88. The molecule has 26 heavy (non-hydrogen) atoms. The van der Waals surface area contributed by atoms with Crippen LogP contribution in [0, 0.1) is 13.8 Å². The van der Waals surface area contributed by atoms with Crippen LogP contribution in [0.4, 0.5) is 0 Å². The first-order chi connectivity index (χ1) is 12.5. The van der Waals surface area contributed by atoms with Crippen molar-refractivity contribution in [2.24, 2.45) is 0 Å². The van der Waals surface area contributed by atoms with E-state index in [1.807, 2.05) is 0 Å². The molecule has 3 rings (SSSR count). The summed E-state index contributed by atoms with van der Waals surface area (Å²) in [5.74, 6) is 0. The monoisotopic (exact) mass is 350 g/mol. The highest BCUT2D eigenvalue weighted by atomic mass is 15.1. The molecule has 0 unspecified atom stereocenters. The largest absolute Gasteiger partial charge is 0.306 e. The predicted molar refractivity (Wildman–Crippen MR) is 112 cm³/mol. The normalized spacial score (nSPS) is 22.8. The van der Waals surface area contributed by atoms with Crippen molar-refractivity contribution in [1.29, 1.82) is 0 Å². The van der Waals surface area contributed by atoms with Gasteiger partial charge in [0.1, 0.15) is 0 Å². The lowest BCUT2D eigenvalue weighted by Gasteiger charge is -2.37. The molecule has 0 aromatic heterocycles. The van der Waals surface area contributed by atoms with Crippen LogP contribution in [0.2, 0.25) is 0 Å². The molecule has 1 aliphatic carbocycles. The summed E-state index contributed by atoms with van der Waals surface area (Å²) < 4.78 is 0. The van der Waals surface area contributed by atoms with Crippen molar-refractivity contribution in [2.75, 3.05) is 0 Å². The Kier molecular flexibility index (Phi) is 6.50. The molecule has 0 saturated heterocycles. The Balaban J connectivity index is 1.63. The minimum absolute atomic E-state index is 0.387. The summed E-state index contributed by atoms with van der Waals surface area (Å²) in [5.41, 5.74) is 5.41. The second kappa shape index (κ2) is 8.83. The third-order valence-electron chi connectivity index (χ3n) is 5.85. The van der Waals surface area contributed by atoms with Crippen LogP contribution in [0.1, 0.15) is 73.9 Å². The molecule has 0 spiro atoms. The zero-order chi connectivity index (χ0) is 18.5. The van der Waals surface area contributed by atoms with Crippen molar-refractivity contribution in [3.05, 3.63) is 70.8 Å². The molecule has 2 heteroatoms. The van der Waals surface area contributed by atoms with E-state index in [1.165, 1.54) is 47.9 Å². The Morgan fingerprint density at radius 2 is 1.00 bits per heavy atom. The minimum atomic E-state index is 0.387. The molecule has 4 atom stereocenters. The fourth-order valence-electron chi connectivity index (χ4n) is 4.07. The molecule has 2 nitrogen and oxygen atoms in total. The molecule has 2 N–H and O–H groups in total. The molecule has 0 radical (unpaired) electrons. The van der Waals surface area contributed by atoms with Crippen molar-refractivity contribution >= 4 is 0 Å². The molecule has 0 amide bonds. The second-order valence-corrected chi connectivity index (χ2v) is 8.10. The van der Waals surface area contributed by atoms with Crippen LogP contribution in [-0.2, 0) is 0 Å². The van der Waals surface area contributed by atoms with Crippen LogP contribution in [-0.4, -0.2) is 12.1 Å². The Morgan fingerprint density at radius 1 is 0.654 bits per heavy atom. The summed E-state index contributed by atoms with van der Waals surface area (Å²) in [4.78, 5) is 0. The molecule has 1 fully saturated rings. The van der Waals surface area contributed by atoms with E-state index in [1.54, 1.807) is 0 Å². The molecule has 2 aromatic carbocycles. The van der Waals surface area contributed by atoms with Gasteiger partial charge in [-0.25, -0.2) is 0 Å². The summed E-state index contributed by atoms with van der Waals surface area (Å²) in [6.07, 6.45) is 5.17. The maximum atomic E-state index is 3.91. The lowest BCUT2D eigenvalue weighted by molar-refractivity contribution is 0.253. The van der Waals surface area contributed by atoms with Crippen LogP contribution in [0.5, 0.6) is 0 Å². The molecule has 0 aliphatic heterocycles. The van der Waals surface area contributed by atoms with Crippen molar-refractivity contribution in [2.45, 2.75) is 77.5 Å². The van der Waals surface area contributed by atoms with E-state index < -0.39 is 0 Å². The van der Waals surface area contributed by atoms with Gasteiger partial charge in [-0.15, -0.1) is 0 Å². The summed E-state index contributed by atoms with van der Waals surface area (Å²) >= 11 is 0. The highest BCUT2D eigenvalue weighted by Crippen LogP contribution is 2.25. The third-order valence-corrected chi connectivity index (χ3v) is 5.85. The maximum absolute atomic E-state index is 3.91. The number of hydrogen-bond donors (Lipinski definition) is 2. The van der Waals surface area contributed by atoms with Crippen molar-refractivity contribution in [1.82, 2.24) is 10.6 Å². The standard InChI is InChI=1S/C24H34N2/c1-17-9-13-21(14-10-17)19(3)25-23-7-5-6-8-24(23)26-20(4)22-15-11-18(2)12-16-22/h9-16,19-20,23-26H,5-8H2,1-4H3/t19-,20-,23-,24-/m1/s1. The molecular formula is C24H34N2. The fraction of sp³-hybridized carbons (Fsp3) is 0.500. The first-order valence-electron chi connectivity index (χ1n) is 10.2. The third kappa shape index (κ3) is 4.96. The van der Waals surface area contributed by atoms with E-state index in [2.05, 4.69) is 86.9 Å². The zero-order valence-corrected chi connectivity index (χ0v) is 16.8. The van der Waals surface area contributed by atoms with Crippen molar-refractivity contribution in [3.8, 4) is 0 Å². The Labute approximate surface area is 159 Å². The first-order valence-corrected chi connectivity index (χ1v) is 10.2. The van der Waals surface area contributed by atoms with Gasteiger partial charge in [-0.1, -0.05) is 72.5 Å². The van der Waals surface area contributed by atoms with Gasteiger partial charge >= 0.3 is 0 Å². The van der Waals surface area contributed by atoms with Gasteiger partial charge in [-0.2, -0.15) is 0 Å². The van der Waals surface area contributed by atoms with Gasteiger partial charge < -0.3 is 10.6 Å². The maximum Gasteiger partial charge on any atom is 0.0295 e. The van der Waals surface area contributed by atoms with Crippen LogP contribution >= 0.6 is 0 Å². The van der Waals surface area contributed by atoms with E-state index in [0.717, 1.165) is 0 Å². The molecule has 2 aromatic rings. The van der Waals surface area contributed by atoms with Gasteiger partial charge in [0.15, 0.2) is 0 Å². The molecule has 0 bridgehead atoms. The van der Waals surface area contributed by atoms with E-state index in [0.29, 0.717) is 24.2 Å². The summed E-state index contributed by atoms with van der Waals surface area (Å²) in [6, 6.07) is 19.7. The average Bonchev–Trinajstić information content (AvgIpc) is 2.64. The zero-order valence-electron chi connectivity index (χ0n) is 16.8. The van der Waals surface area contributed by atoms with Gasteiger partial charge in [0, 0.05) is 24.2 Å². The smallest absolute Gasteiger partial charge is 0.0295 e. The SMILES string of the molecule is Cc1ccc([C@@H](C)N[C@@H]2CCCC[C@H]2N[C@H](C)c2ccc(C)cc2)cc1. The highest BCUT2D eigenvalue weighted by Gasteiger charge is 2.27. The van der Waals surface area contributed by atoms with E-state index in [-0.39, 0.29) is 0 Å². The molecule has 1 saturated carbocycles. The lowest BCUT2D eigenvalue weighted by Crippen LogP contribution is -2.51. The van der Waals surface area contributed by atoms with Gasteiger partial charge in [0.05, 0.1) is 0 Å². The summed E-state index contributed by atoms with van der Waals surface area (Å²) in [5, 5.41) is 7.82. The summed E-state index contributed by atoms with van der Waals surface area (Å²) in [6.45, 7) is 8.88. The van der Waals surface area contributed by atoms with Gasteiger partial charge in [-0.05, 0) is 51.7 Å². The number of rotatable bonds is 6. The average molecular weight is 351 g/mol. The van der Waals surface area contributed by atoms with Crippen LogP contribution < -0.4 is 10.6 Å². The topological polar surface area (TPSA) is 24.1 Å². The molecule has 1 aliphatic rings. The van der Waals surface area contributed by atoms with Crippen LogP contribution in [0.25, 0.3) is 0 Å². The quantitative estimate of drug-likeness (QED) is 0.707. The fourth-order valence-corrected chi connectivity index (χ4v) is 4.07. The molecular weight excluding hydrogens is 316 g/mol.